The highest BCUT2D eigenvalue weighted by atomic mass is 16.5. The molecule has 2 rings (SSSR count). The first-order valence-corrected chi connectivity index (χ1v) is 5.36. The van der Waals surface area contributed by atoms with Crippen LogP contribution in [-0.2, 0) is 4.79 Å². The topological polar surface area (TPSA) is 98.3 Å². The third kappa shape index (κ3) is 2.97. The number of allylic oxidation sites excluding steroid dienone is 2. The molecule has 0 radical (unpaired) electrons. The van der Waals surface area contributed by atoms with Crippen LogP contribution in [-0.4, -0.2) is 21.5 Å². The van der Waals surface area contributed by atoms with Crippen molar-refractivity contribution in [1.29, 1.82) is 0 Å². The molecular weight excluding hydrogens is 220 g/mol. The highest BCUT2D eigenvalue weighted by Gasteiger charge is 2.20. The van der Waals surface area contributed by atoms with Gasteiger partial charge in [-0.3, -0.25) is 9.78 Å². The van der Waals surface area contributed by atoms with Crippen molar-refractivity contribution in [3.05, 3.63) is 30.1 Å². The minimum atomic E-state index is 0. The molecule has 0 fully saturated rings. The zero-order valence-corrected chi connectivity index (χ0v) is 9.68. The first-order valence-electron chi connectivity index (χ1n) is 5.36. The van der Waals surface area contributed by atoms with Crippen LogP contribution in [0.2, 0.25) is 0 Å². The van der Waals surface area contributed by atoms with Gasteiger partial charge < -0.3 is 5.48 Å². The minimum absolute atomic E-state index is 0. The molecule has 1 heterocycles. The average molecular weight is 237 g/mol. The molecule has 0 aliphatic heterocycles. The van der Waals surface area contributed by atoms with Gasteiger partial charge in [0, 0.05) is 18.2 Å². The summed E-state index contributed by atoms with van der Waals surface area (Å²) in [4.78, 5) is 15.4. The molecule has 1 aromatic rings. The fourth-order valence-electron chi connectivity index (χ4n) is 2.09. The van der Waals surface area contributed by atoms with Gasteiger partial charge in [-0.25, -0.2) is 5.21 Å². The minimum Gasteiger partial charge on any atom is -0.412 e. The summed E-state index contributed by atoms with van der Waals surface area (Å²) in [5.74, 6) is 0.529. The highest BCUT2D eigenvalue weighted by Crippen LogP contribution is 2.31. The van der Waals surface area contributed by atoms with Crippen LogP contribution in [0.25, 0.3) is 5.57 Å². The summed E-state index contributed by atoms with van der Waals surface area (Å²) >= 11 is 0. The molecule has 1 unspecified atom stereocenters. The second kappa shape index (κ2) is 5.67. The van der Waals surface area contributed by atoms with E-state index in [9.17, 15) is 4.79 Å². The number of nitrogens with zero attached hydrogens (tertiary/aromatic N) is 1. The Kier molecular flexibility index (Phi) is 4.51. The van der Waals surface area contributed by atoms with Gasteiger partial charge in [0.2, 0.25) is 0 Å². The highest BCUT2D eigenvalue weighted by molar-refractivity contribution is 5.99. The molecule has 17 heavy (non-hydrogen) atoms. The first-order chi connectivity index (χ1) is 7.70. The molecule has 0 saturated carbocycles. The molecule has 0 spiro atoms. The van der Waals surface area contributed by atoms with Crippen molar-refractivity contribution in [2.45, 2.75) is 19.8 Å². The van der Waals surface area contributed by atoms with Gasteiger partial charge in [-0.15, -0.1) is 0 Å². The van der Waals surface area contributed by atoms with Crippen molar-refractivity contribution < 1.29 is 21.0 Å². The lowest BCUT2D eigenvalue weighted by Gasteiger charge is -2.18. The van der Waals surface area contributed by atoms with Crippen LogP contribution in [0.1, 0.15) is 25.3 Å². The van der Waals surface area contributed by atoms with Crippen LogP contribution in [0, 0.1) is 5.92 Å². The largest absolute Gasteiger partial charge is 0.412 e. The number of carbonyl (C=O) groups is 1. The van der Waals surface area contributed by atoms with E-state index in [-0.39, 0.29) is 11.3 Å². The van der Waals surface area contributed by atoms with Crippen LogP contribution in [0.4, 0.5) is 5.69 Å². The molecular formula is C12H17N2O3+. The van der Waals surface area contributed by atoms with Crippen LogP contribution < -0.4 is 5.48 Å². The molecule has 1 aliphatic carbocycles. The van der Waals surface area contributed by atoms with Crippen LogP contribution >= 0.6 is 0 Å². The molecule has 1 aromatic heterocycles. The molecule has 0 aromatic carbocycles. The predicted octanol–water partition coefficient (Wildman–Crippen LogP) is 0.223. The number of pyridine rings is 1. The Morgan fingerprint density at radius 2 is 2.24 bits per heavy atom. The van der Waals surface area contributed by atoms with E-state index >= 15 is 0 Å². The Hall–Kier alpha value is -1.56. The van der Waals surface area contributed by atoms with Gasteiger partial charge in [0.15, 0.2) is 11.5 Å². The molecule has 5 heteroatoms. The van der Waals surface area contributed by atoms with Crippen molar-refractivity contribution in [1.82, 2.24) is 4.98 Å². The summed E-state index contributed by atoms with van der Waals surface area (Å²) in [5.41, 5.74) is 3.59. The van der Waals surface area contributed by atoms with Gasteiger partial charge in [0.1, 0.15) is 0 Å². The third-order valence-corrected chi connectivity index (χ3v) is 2.79. The third-order valence-electron chi connectivity index (χ3n) is 2.79. The molecule has 5 nitrogen and oxygen atoms in total. The summed E-state index contributed by atoms with van der Waals surface area (Å²) in [6.45, 7) is 2.06. The Bertz CT molecular complexity index is 443. The van der Waals surface area contributed by atoms with Crippen molar-refractivity contribution >= 4 is 17.0 Å². The summed E-state index contributed by atoms with van der Waals surface area (Å²) in [7, 11) is 0. The van der Waals surface area contributed by atoms with Crippen LogP contribution in [0.3, 0.4) is 0 Å². The standard InChI is InChI=1S/C12H14N2O2.H2O/c1-8-4-9(6-10(15)5-8)11-2-3-13-7-12(11)14-16;/h2-3,6-8,14,16H,4-5H2,1H3;1H2/p+1. The number of rotatable bonds is 2. The number of nitrogens with two attached hydrogens (primary N) is 1. The number of carbonyl (C=O) groups excluding carboxylic acids is 1. The fourth-order valence-corrected chi connectivity index (χ4v) is 2.09. The molecule has 0 saturated heterocycles. The van der Waals surface area contributed by atoms with Gasteiger partial charge in [-0.05, 0) is 30.1 Å². The van der Waals surface area contributed by atoms with E-state index in [1.54, 1.807) is 18.5 Å². The quantitative estimate of drug-likeness (QED) is 0.720. The van der Waals surface area contributed by atoms with E-state index in [0.29, 0.717) is 18.0 Å². The molecule has 0 amide bonds. The van der Waals surface area contributed by atoms with Crippen molar-refractivity contribution in [3.8, 4) is 0 Å². The summed E-state index contributed by atoms with van der Waals surface area (Å²) < 4.78 is 0. The number of hydrogen-bond acceptors (Lipinski definition) is 3. The van der Waals surface area contributed by atoms with Crippen molar-refractivity contribution in [2.24, 2.45) is 5.92 Å². The van der Waals surface area contributed by atoms with Crippen LogP contribution in [0.5, 0.6) is 0 Å². The lowest BCUT2D eigenvalue weighted by atomic mass is 9.86. The first kappa shape index (κ1) is 13.5. The summed E-state index contributed by atoms with van der Waals surface area (Å²) in [6.07, 6.45) is 6.44. The van der Waals surface area contributed by atoms with Crippen molar-refractivity contribution in [3.63, 3.8) is 0 Å². The summed E-state index contributed by atoms with van der Waals surface area (Å²) in [5, 5.41) is 9.10. The lowest BCUT2D eigenvalue weighted by molar-refractivity contribution is -0.826. The van der Waals surface area contributed by atoms with E-state index in [2.05, 4.69) is 11.9 Å². The van der Waals surface area contributed by atoms with E-state index in [1.807, 2.05) is 6.07 Å². The van der Waals surface area contributed by atoms with E-state index in [4.69, 9.17) is 5.21 Å². The SMILES string of the molecule is CC1CC(=O)C=C(c2ccncc2[NH2+]O)C1.O. The maximum atomic E-state index is 11.5. The Morgan fingerprint density at radius 3 is 2.88 bits per heavy atom. The van der Waals surface area contributed by atoms with Gasteiger partial charge in [0.05, 0.1) is 6.20 Å². The summed E-state index contributed by atoms with van der Waals surface area (Å²) in [6, 6.07) is 1.83. The van der Waals surface area contributed by atoms with Crippen molar-refractivity contribution in [2.75, 3.05) is 0 Å². The Labute approximate surface area is 99.5 Å². The number of ketones is 1. The van der Waals surface area contributed by atoms with E-state index in [0.717, 1.165) is 23.0 Å². The zero-order chi connectivity index (χ0) is 11.5. The number of hydrogen-bond donors (Lipinski definition) is 2. The van der Waals surface area contributed by atoms with Gasteiger partial charge in [-0.1, -0.05) is 6.92 Å². The smallest absolute Gasteiger partial charge is 0.187 e. The maximum absolute atomic E-state index is 11.5. The monoisotopic (exact) mass is 237 g/mol. The molecule has 1 aliphatic rings. The lowest BCUT2D eigenvalue weighted by Crippen LogP contribution is -2.74. The van der Waals surface area contributed by atoms with E-state index < -0.39 is 0 Å². The van der Waals surface area contributed by atoms with Gasteiger partial charge >= 0.3 is 0 Å². The average Bonchev–Trinajstić information content (AvgIpc) is 2.27. The molecule has 1 atom stereocenters. The van der Waals surface area contributed by atoms with Gasteiger partial charge in [-0.2, -0.15) is 5.48 Å². The van der Waals surface area contributed by atoms with Gasteiger partial charge in [0.25, 0.3) is 0 Å². The normalized spacial score (nSPS) is 19.5. The molecule has 5 N–H and O–H groups in total. The predicted molar refractivity (Wildman–Crippen MR) is 62.6 cm³/mol. The number of aromatic nitrogens is 1. The Balaban J connectivity index is 0.00000144. The number of quaternary nitrogens is 1. The molecule has 0 bridgehead atoms. The zero-order valence-electron chi connectivity index (χ0n) is 9.68. The Morgan fingerprint density at radius 1 is 1.47 bits per heavy atom. The van der Waals surface area contributed by atoms with E-state index in [1.165, 1.54) is 0 Å². The maximum Gasteiger partial charge on any atom is 0.187 e. The second-order valence-corrected chi connectivity index (χ2v) is 4.24. The fraction of sp³-hybridized carbons (Fsp3) is 0.333. The second-order valence-electron chi connectivity index (χ2n) is 4.24. The molecule has 92 valence electrons. The van der Waals surface area contributed by atoms with Crippen LogP contribution in [0.15, 0.2) is 24.5 Å².